The van der Waals surface area contributed by atoms with Gasteiger partial charge in [-0.3, -0.25) is 0 Å². The minimum Gasteiger partial charge on any atom is -0.478 e. The van der Waals surface area contributed by atoms with E-state index in [1.165, 1.54) is 0 Å². The Kier molecular flexibility index (Phi) is 2.99. The van der Waals surface area contributed by atoms with E-state index >= 15 is 0 Å². The predicted molar refractivity (Wildman–Crippen MR) is 72.0 cm³/mol. The van der Waals surface area contributed by atoms with Gasteiger partial charge in [-0.2, -0.15) is 0 Å². The summed E-state index contributed by atoms with van der Waals surface area (Å²) in [5.74, 6) is -0.874. The first-order valence-corrected chi connectivity index (χ1v) is 5.89. The minimum atomic E-state index is -0.874. The highest BCUT2D eigenvalue weighted by atomic mass is 16.4. The van der Waals surface area contributed by atoms with Gasteiger partial charge in [0.05, 0.1) is 11.3 Å². The highest BCUT2D eigenvalue weighted by molar-refractivity contribution is 5.92. The van der Waals surface area contributed by atoms with Crippen LogP contribution in [0.25, 0.3) is 11.3 Å². The number of carbonyl (C=O) groups is 1. The van der Waals surface area contributed by atoms with E-state index in [1.54, 1.807) is 6.20 Å². The summed E-state index contributed by atoms with van der Waals surface area (Å²) in [5.41, 5.74) is 5.64. The normalized spacial score (nSPS) is 10.7. The summed E-state index contributed by atoms with van der Waals surface area (Å²) in [6, 6.07) is 6.12. The van der Waals surface area contributed by atoms with Crippen LogP contribution in [-0.2, 0) is 7.05 Å². The van der Waals surface area contributed by atoms with Crippen LogP contribution < -0.4 is 0 Å². The summed E-state index contributed by atoms with van der Waals surface area (Å²) in [6.45, 7) is 5.97. The molecule has 0 bridgehead atoms. The van der Waals surface area contributed by atoms with Crippen molar-refractivity contribution in [1.29, 1.82) is 0 Å². The van der Waals surface area contributed by atoms with Crippen LogP contribution in [0, 0.1) is 20.8 Å². The van der Waals surface area contributed by atoms with Crippen molar-refractivity contribution in [3.63, 3.8) is 0 Å². The summed E-state index contributed by atoms with van der Waals surface area (Å²) in [6.07, 6.45) is 1.68. The largest absolute Gasteiger partial charge is 0.478 e. The zero-order chi connectivity index (χ0) is 13.4. The van der Waals surface area contributed by atoms with E-state index in [0.717, 1.165) is 27.9 Å². The van der Waals surface area contributed by atoms with Crippen molar-refractivity contribution in [1.82, 2.24) is 4.57 Å². The average molecular weight is 243 g/mol. The zero-order valence-corrected chi connectivity index (χ0v) is 11.1. The Morgan fingerprint density at radius 2 is 1.72 bits per heavy atom. The Bertz CT molecular complexity index is 603. The van der Waals surface area contributed by atoms with E-state index in [-0.39, 0.29) is 0 Å². The number of rotatable bonds is 2. The number of aromatic carboxylic acids is 1. The number of aryl methyl sites for hydroxylation is 3. The first-order valence-electron chi connectivity index (χ1n) is 5.89. The smallest absolute Gasteiger partial charge is 0.337 e. The Labute approximate surface area is 107 Å². The molecule has 0 aliphatic heterocycles. The molecule has 1 aromatic heterocycles. The van der Waals surface area contributed by atoms with E-state index in [4.69, 9.17) is 0 Å². The molecule has 0 spiro atoms. The van der Waals surface area contributed by atoms with Crippen molar-refractivity contribution in [2.45, 2.75) is 20.8 Å². The Morgan fingerprint density at radius 3 is 2.17 bits per heavy atom. The molecule has 3 heteroatoms. The van der Waals surface area contributed by atoms with Crippen molar-refractivity contribution in [3.8, 4) is 11.3 Å². The lowest BCUT2D eigenvalue weighted by molar-refractivity contribution is 0.0696. The molecule has 2 aromatic rings. The fourth-order valence-electron chi connectivity index (χ4n) is 2.51. The molecular formula is C15H17NO2. The van der Waals surface area contributed by atoms with E-state index in [1.807, 2.05) is 24.6 Å². The van der Waals surface area contributed by atoms with Gasteiger partial charge in [-0.1, -0.05) is 18.2 Å². The highest BCUT2D eigenvalue weighted by Gasteiger charge is 2.18. The molecule has 0 radical (unpaired) electrons. The van der Waals surface area contributed by atoms with E-state index in [9.17, 15) is 9.90 Å². The van der Waals surface area contributed by atoms with E-state index in [2.05, 4.69) is 26.0 Å². The van der Waals surface area contributed by atoms with Crippen LogP contribution in [0.1, 0.15) is 27.0 Å². The minimum absolute atomic E-state index is 0.371. The first kappa shape index (κ1) is 12.4. The van der Waals surface area contributed by atoms with Gasteiger partial charge in [0.15, 0.2) is 0 Å². The summed E-state index contributed by atoms with van der Waals surface area (Å²) >= 11 is 0. The van der Waals surface area contributed by atoms with Gasteiger partial charge in [0, 0.05) is 18.8 Å². The second-order valence-corrected chi connectivity index (χ2v) is 4.70. The lowest BCUT2D eigenvalue weighted by Crippen LogP contribution is -1.97. The number of benzene rings is 1. The number of carboxylic acid groups (broad SMARTS) is 1. The summed E-state index contributed by atoms with van der Waals surface area (Å²) in [4.78, 5) is 11.2. The van der Waals surface area contributed by atoms with Gasteiger partial charge in [0.25, 0.3) is 0 Å². The Hall–Kier alpha value is -2.03. The molecule has 1 N–H and O–H groups in total. The van der Waals surface area contributed by atoms with Crippen LogP contribution in [0.3, 0.4) is 0 Å². The Balaban J connectivity index is 2.76. The molecule has 18 heavy (non-hydrogen) atoms. The first-order chi connectivity index (χ1) is 8.43. The summed E-state index contributed by atoms with van der Waals surface area (Å²) in [5, 5.41) is 9.18. The third-order valence-electron chi connectivity index (χ3n) is 3.38. The number of hydrogen-bond donors (Lipinski definition) is 1. The van der Waals surface area contributed by atoms with Crippen LogP contribution >= 0.6 is 0 Å². The van der Waals surface area contributed by atoms with Gasteiger partial charge in [-0.05, 0) is 37.5 Å². The van der Waals surface area contributed by atoms with Gasteiger partial charge in [0.2, 0.25) is 0 Å². The molecule has 0 saturated carbocycles. The third kappa shape index (κ3) is 1.82. The molecule has 94 valence electrons. The quantitative estimate of drug-likeness (QED) is 0.879. The topological polar surface area (TPSA) is 42.2 Å². The maximum absolute atomic E-state index is 11.2. The third-order valence-corrected chi connectivity index (χ3v) is 3.38. The predicted octanol–water partition coefficient (Wildman–Crippen LogP) is 3.32. The molecule has 3 nitrogen and oxygen atoms in total. The summed E-state index contributed by atoms with van der Waals surface area (Å²) in [7, 11) is 1.89. The van der Waals surface area contributed by atoms with Crippen molar-refractivity contribution < 1.29 is 9.90 Å². The van der Waals surface area contributed by atoms with Gasteiger partial charge in [-0.25, -0.2) is 4.79 Å². The van der Waals surface area contributed by atoms with Crippen LogP contribution in [0.4, 0.5) is 0 Å². The molecule has 0 unspecified atom stereocenters. The standard InChI is InChI=1S/C15H17NO2/c1-9-6-5-7-10(2)13(9)14-11(3)12(15(17)18)8-16(14)4/h5-8H,1-4H3,(H,17,18). The number of aromatic nitrogens is 1. The summed E-state index contributed by atoms with van der Waals surface area (Å²) < 4.78 is 1.90. The number of hydrogen-bond acceptors (Lipinski definition) is 1. The van der Waals surface area contributed by atoms with Crippen molar-refractivity contribution in [2.75, 3.05) is 0 Å². The van der Waals surface area contributed by atoms with Crippen LogP contribution in [0.15, 0.2) is 24.4 Å². The molecule has 1 aromatic carbocycles. The van der Waals surface area contributed by atoms with Crippen LogP contribution in [0.5, 0.6) is 0 Å². The molecule has 0 aliphatic rings. The van der Waals surface area contributed by atoms with Gasteiger partial charge in [-0.15, -0.1) is 0 Å². The maximum Gasteiger partial charge on any atom is 0.337 e. The van der Waals surface area contributed by atoms with E-state index < -0.39 is 5.97 Å². The van der Waals surface area contributed by atoms with Gasteiger partial charge >= 0.3 is 5.97 Å². The van der Waals surface area contributed by atoms with Crippen LogP contribution in [0.2, 0.25) is 0 Å². The Morgan fingerprint density at radius 1 is 1.17 bits per heavy atom. The molecule has 0 amide bonds. The number of carboxylic acids is 1. The zero-order valence-electron chi connectivity index (χ0n) is 11.1. The van der Waals surface area contributed by atoms with Gasteiger partial charge in [0.1, 0.15) is 0 Å². The SMILES string of the molecule is Cc1cccc(C)c1-c1c(C)c(C(=O)O)cn1C. The molecule has 0 saturated heterocycles. The molecule has 2 rings (SSSR count). The van der Waals surface area contributed by atoms with Crippen molar-refractivity contribution in [3.05, 3.63) is 46.6 Å². The number of nitrogens with zero attached hydrogens (tertiary/aromatic N) is 1. The van der Waals surface area contributed by atoms with Gasteiger partial charge < -0.3 is 9.67 Å². The fraction of sp³-hybridized carbons (Fsp3) is 0.267. The average Bonchev–Trinajstić information content (AvgIpc) is 2.56. The second-order valence-electron chi connectivity index (χ2n) is 4.70. The molecule has 0 aliphatic carbocycles. The monoisotopic (exact) mass is 243 g/mol. The molecule has 1 heterocycles. The lowest BCUT2D eigenvalue weighted by Gasteiger charge is -2.12. The molecular weight excluding hydrogens is 226 g/mol. The second kappa shape index (κ2) is 4.33. The maximum atomic E-state index is 11.2. The highest BCUT2D eigenvalue weighted by Crippen LogP contribution is 2.32. The molecule has 0 fully saturated rings. The van der Waals surface area contributed by atoms with E-state index in [0.29, 0.717) is 5.56 Å². The van der Waals surface area contributed by atoms with Crippen molar-refractivity contribution >= 4 is 5.97 Å². The lowest BCUT2D eigenvalue weighted by atomic mass is 9.97. The fourth-order valence-corrected chi connectivity index (χ4v) is 2.51. The van der Waals surface area contributed by atoms with Crippen LogP contribution in [-0.4, -0.2) is 15.6 Å². The molecule has 0 atom stereocenters. The van der Waals surface area contributed by atoms with Crippen molar-refractivity contribution in [2.24, 2.45) is 7.05 Å².